The highest BCUT2D eigenvalue weighted by atomic mass is 32.1. The van der Waals surface area contributed by atoms with Crippen LogP contribution in [0.2, 0.25) is 0 Å². The zero-order valence-electron chi connectivity index (χ0n) is 19.8. The molecule has 0 aliphatic carbocycles. The van der Waals surface area contributed by atoms with E-state index in [0.717, 1.165) is 18.0 Å². The Kier molecular flexibility index (Phi) is 8.48. The number of nitrogens with one attached hydrogen (secondary N) is 1. The van der Waals surface area contributed by atoms with E-state index >= 15 is 0 Å². The van der Waals surface area contributed by atoms with Crippen LogP contribution in [0.3, 0.4) is 0 Å². The van der Waals surface area contributed by atoms with Crippen LogP contribution >= 0.6 is 11.5 Å². The van der Waals surface area contributed by atoms with Crippen molar-refractivity contribution < 1.29 is 23.5 Å². The van der Waals surface area contributed by atoms with Crippen LogP contribution < -0.4 is 26.4 Å². The van der Waals surface area contributed by atoms with E-state index < -0.39 is 23.8 Å². The first kappa shape index (κ1) is 25.8. The van der Waals surface area contributed by atoms with Crippen LogP contribution in [-0.4, -0.2) is 35.2 Å². The second kappa shape index (κ2) is 11.5. The summed E-state index contributed by atoms with van der Waals surface area (Å²) in [5.74, 6) is -0.664. The highest BCUT2D eigenvalue weighted by Crippen LogP contribution is 2.34. The molecule has 0 fully saturated rings. The topological polar surface area (TPSA) is 154 Å². The quantitative estimate of drug-likeness (QED) is 0.365. The zero-order valence-corrected chi connectivity index (χ0v) is 20.6. The second-order valence-electron chi connectivity index (χ2n) is 8.13. The number of ether oxygens (including phenoxy) is 1. The number of rotatable bonds is 11. The van der Waals surface area contributed by atoms with E-state index in [-0.39, 0.29) is 22.0 Å². The molecule has 3 rings (SSSR count). The van der Waals surface area contributed by atoms with Crippen molar-refractivity contribution in [3.63, 3.8) is 0 Å². The number of primary amides is 1. The number of anilines is 2. The van der Waals surface area contributed by atoms with Gasteiger partial charge in [0.2, 0.25) is 0 Å². The van der Waals surface area contributed by atoms with Gasteiger partial charge in [-0.1, -0.05) is 13.8 Å². The molecule has 0 spiro atoms. The average molecular weight is 500 g/mol. The van der Waals surface area contributed by atoms with Crippen molar-refractivity contribution in [2.45, 2.75) is 33.2 Å². The Labute approximate surface area is 207 Å². The number of hydrogen-bond donors (Lipinski definition) is 3. The summed E-state index contributed by atoms with van der Waals surface area (Å²) in [6, 6.07) is 8.81. The fourth-order valence-electron chi connectivity index (χ4n) is 3.39. The van der Waals surface area contributed by atoms with Gasteiger partial charge in [0.05, 0.1) is 18.6 Å². The van der Waals surface area contributed by atoms with E-state index in [1.807, 2.05) is 6.92 Å². The minimum Gasteiger partial charge on any atom is -0.494 e. The SMILES string of the molecule is CCOc1ccc(N(C(=O)c2snc(C(N)=O)c2N)[C@@H](C(=O)NCCC(C)C)c2ccco2)cc1. The third kappa shape index (κ3) is 5.99. The third-order valence-electron chi connectivity index (χ3n) is 5.14. The van der Waals surface area contributed by atoms with Gasteiger partial charge in [-0.05, 0) is 67.2 Å². The van der Waals surface area contributed by atoms with E-state index in [1.165, 1.54) is 11.2 Å². The fourth-order valence-corrected chi connectivity index (χ4v) is 4.14. The Morgan fingerprint density at radius 3 is 2.46 bits per heavy atom. The molecule has 10 nitrogen and oxygen atoms in total. The number of aromatic nitrogens is 1. The molecule has 0 radical (unpaired) electrons. The molecule has 2 aromatic heterocycles. The molecule has 1 atom stereocenters. The number of nitrogens with two attached hydrogens (primary N) is 2. The Hall–Kier alpha value is -3.86. The molecule has 0 saturated carbocycles. The predicted octanol–water partition coefficient (Wildman–Crippen LogP) is 3.37. The molecular weight excluding hydrogens is 470 g/mol. The van der Waals surface area contributed by atoms with Gasteiger partial charge < -0.3 is 25.9 Å². The van der Waals surface area contributed by atoms with Gasteiger partial charge in [-0.3, -0.25) is 19.3 Å². The van der Waals surface area contributed by atoms with Gasteiger partial charge >= 0.3 is 0 Å². The molecule has 186 valence electrons. The van der Waals surface area contributed by atoms with Crippen LogP contribution in [0.4, 0.5) is 11.4 Å². The van der Waals surface area contributed by atoms with Crippen molar-refractivity contribution in [1.29, 1.82) is 0 Å². The van der Waals surface area contributed by atoms with E-state index in [1.54, 1.807) is 36.4 Å². The number of benzene rings is 1. The smallest absolute Gasteiger partial charge is 0.273 e. The second-order valence-corrected chi connectivity index (χ2v) is 8.91. The minimum absolute atomic E-state index is 0.0146. The van der Waals surface area contributed by atoms with Gasteiger partial charge in [0.25, 0.3) is 17.7 Å². The highest BCUT2D eigenvalue weighted by molar-refractivity contribution is 7.09. The van der Waals surface area contributed by atoms with Crippen molar-refractivity contribution in [3.05, 3.63) is 59.0 Å². The summed E-state index contributed by atoms with van der Waals surface area (Å²) in [6.07, 6.45) is 2.19. The van der Waals surface area contributed by atoms with Gasteiger partial charge in [-0.15, -0.1) is 0 Å². The van der Waals surface area contributed by atoms with Gasteiger partial charge in [-0.25, -0.2) is 0 Å². The maximum absolute atomic E-state index is 13.8. The molecule has 5 N–H and O–H groups in total. The molecule has 0 unspecified atom stereocenters. The van der Waals surface area contributed by atoms with Crippen LogP contribution in [0.1, 0.15) is 59.2 Å². The lowest BCUT2D eigenvalue weighted by molar-refractivity contribution is -0.122. The summed E-state index contributed by atoms with van der Waals surface area (Å²) in [7, 11) is 0. The minimum atomic E-state index is -1.15. The summed E-state index contributed by atoms with van der Waals surface area (Å²) < 4.78 is 15.0. The largest absolute Gasteiger partial charge is 0.494 e. The zero-order chi connectivity index (χ0) is 25.5. The summed E-state index contributed by atoms with van der Waals surface area (Å²) in [4.78, 5) is 40.2. The lowest BCUT2D eigenvalue weighted by atomic mass is 10.1. The van der Waals surface area contributed by atoms with Crippen molar-refractivity contribution in [1.82, 2.24) is 9.69 Å². The summed E-state index contributed by atoms with van der Waals surface area (Å²) >= 11 is 0.741. The molecule has 35 heavy (non-hydrogen) atoms. The highest BCUT2D eigenvalue weighted by Gasteiger charge is 2.37. The standard InChI is InChI=1S/C24H29N5O5S/c1-4-33-16-9-7-15(8-10-16)29(24(32)21-18(25)19(22(26)30)28-35-21)20(17-6-5-13-34-17)23(31)27-12-11-14(2)3/h5-10,13-14,20H,4,11-12,25H2,1-3H3,(H2,26,30)(H,27,31)/t20-/m1/s1. The number of furan rings is 1. The van der Waals surface area contributed by atoms with Crippen molar-refractivity contribution in [2.75, 3.05) is 23.8 Å². The van der Waals surface area contributed by atoms with Gasteiger partial charge in [0, 0.05) is 12.2 Å². The van der Waals surface area contributed by atoms with Crippen LogP contribution in [0.25, 0.3) is 0 Å². The van der Waals surface area contributed by atoms with Crippen molar-refractivity contribution in [2.24, 2.45) is 11.7 Å². The fraction of sp³-hybridized carbons (Fsp3) is 0.333. The molecule has 2 heterocycles. The molecule has 0 aliphatic rings. The average Bonchev–Trinajstić information content (AvgIpc) is 3.47. The molecule has 0 saturated heterocycles. The van der Waals surface area contributed by atoms with Gasteiger partial charge in [0.1, 0.15) is 16.4 Å². The van der Waals surface area contributed by atoms with Crippen molar-refractivity contribution >= 4 is 40.6 Å². The monoisotopic (exact) mass is 499 g/mol. The van der Waals surface area contributed by atoms with Crippen LogP contribution in [-0.2, 0) is 4.79 Å². The number of nitrogen functional groups attached to an aromatic ring is 1. The van der Waals surface area contributed by atoms with E-state index in [0.29, 0.717) is 30.5 Å². The third-order valence-corrected chi connectivity index (χ3v) is 5.99. The number of carbonyl (C=O) groups is 3. The number of hydrogen-bond acceptors (Lipinski definition) is 8. The van der Waals surface area contributed by atoms with E-state index in [2.05, 4.69) is 23.5 Å². The molecule has 1 aromatic carbocycles. The maximum atomic E-state index is 13.8. The normalized spacial score (nSPS) is 11.8. The Bertz CT molecular complexity index is 1160. The molecule has 0 aliphatic heterocycles. The molecule has 11 heteroatoms. The lowest BCUT2D eigenvalue weighted by Crippen LogP contribution is -2.44. The summed E-state index contributed by atoms with van der Waals surface area (Å²) in [5.41, 5.74) is 11.4. The molecule has 0 bridgehead atoms. The molecule has 3 amide bonds. The Morgan fingerprint density at radius 2 is 1.91 bits per heavy atom. The first-order valence-corrected chi connectivity index (χ1v) is 11.9. The van der Waals surface area contributed by atoms with Crippen LogP contribution in [0.15, 0.2) is 47.1 Å². The Morgan fingerprint density at radius 1 is 1.20 bits per heavy atom. The van der Waals surface area contributed by atoms with E-state index in [9.17, 15) is 14.4 Å². The number of amides is 3. The van der Waals surface area contributed by atoms with Crippen LogP contribution in [0.5, 0.6) is 5.75 Å². The summed E-state index contributed by atoms with van der Waals surface area (Å²) in [6.45, 7) is 6.86. The first-order chi connectivity index (χ1) is 16.7. The maximum Gasteiger partial charge on any atom is 0.273 e. The molecular formula is C24H29N5O5S. The summed E-state index contributed by atoms with van der Waals surface area (Å²) in [5, 5.41) is 2.89. The van der Waals surface area contributed by atoms with Gasteiger partial charge in [-0.2, -0.15) is 4.37 Å². The predicted molar refractivity (Wildman–Crippen MR) is 133 cm³/mol. The van der Waals surface area contributed by atoms with Crippen molar-refractivity contribution in [3.8, 4) is 5.75 Å². The number of carbonyl (C=O) groups excluding carboxylic acids is 3. The van der Waals surface area contributed by atoms with Gasteiger partial charge in [0.15, 0.2) is 11.7 Å². The number of nitrogens with zero attached hydrogens (tertiary/aromatic N) is 2. The lowest BCUT2D eigenvalue weighted by Gasteiger charge is -2.30. The Balaban J connectivity index is 2.09. The van der Waals surface area contributed by atoms with E-state index in [4.69, 9.17) is 20.6 Å². The first-order valence-electron chi connectivity index (χ1n) is 11.2. The van der Waals surface area contributed by atoms with Crippen LogP contribution in [0, 0.1) is 5.92 Å². The molecule has 3 aromatic rings.